The number of rotatable bonds is 6. The molecule has 0 saturated carbocycles. The highest BCUT2D eigenvalue weighted by Gasteiger charge is 2.07. The van der Waals surface area contributed by atoms with Gasteiger partial charge in [-0.2, -0.15) is 0 Å². The molecule has 0 fully saturated rings. The smallest absolute Gasteiger partial charge is 0.0717 e. The van der Waals surface area contributed by atoms with E-state index in [4.69, 9.17) is 4.74 Å². The molecule has 0 saturated heterocycles. The van der Waals surface area contributed by atoms with Crippen LogP contribution in [0.3, 0.4) is 0 Å². The quantitative estimate of drug-likeness (QED) is 0.659. The zero-order chi connectivity index (χ0) is 12.8. The molecule has 0 bridgehead atoms. The zero-order valence-corrected chi connectivity index (χ0v) is 11.6. The van der Waals surface area contributed by atoms with Crippen LogP contribution in [0.25, 0.3) is 5.57 Å². The maximum absolute atomic E-state index is 5.63. The van der Waals surface area contributed by atoms with Gasteiger partial charge in [0.05, 0.1) is 6.61 Å². The van der Waals surface area contributed by atoms with Crippen molar-refractivity contribution in [2.75, 3.05) is 13.2 Å². The highest BCUT2D eigenvalue weighted by Crippen LogP contribution is 2.23. The first kappa shape index (κ1) is 14.0. The van der Waals surface area contributed by atoms with Crippen LogP contribution in [0, 0.1) is 20.8 Å². The predicted molar refractivity (Wildman–Crippen MR) is 75.4 cm³/mol. The maximum Gasteiger partial charge on any atom is 0.0717 e. The molecule has 0 N–H and O–H groups in total. The average Bonchev–Trinajstić information content (AvgIpc) is 2.23. The van der Waals surface area contributed by atoms with Crippen molar-refractivity contribution < 1.29 is 4.74 Å². The molecule has 0 aromatic heterocycles. The molecule has 1 aromatic carbocycles. The summed E-state index contributed by atoms with van der Waals surface area (Å²) >= 11 is 0. The largest absolute Gasteiger partial charge is 0.377 e. The lowest BCUT2D eigenvalue weighted by Gasteiger charge is -2.14. The molecule has 1 rings (SSSR count). The number of hydrogen-bond donors (Lipinski definition) is 0. The van der Waals surface area contributed by atoms with Crippen molar-refractivity contribution >= 4 is 5.57 Å². The van der Waals surface area contributed by atoms with Crippen LogP contribution in [0.1, 0.15) is 42.0 Å². The molecule has 0 radical (unpaired) electrons. The van der Waals surface area contributed by atoms with Crippen LogP contribution in [0.15, 0.2) is 18.7 Å². The third-order valence-electron chi connectivity index (χ3n) is 2.95. The number of hydrogen-bond acceptors (Lipinski definition) is 1. The Bertz CT molecular complexity index is 368. The first-order valence-electron chi connectivity index (χ1n) is 6.40. The number of benzene rings is 1. The van der Waals surface area contributed by atoms with E-state index in [9.17, 15) is 0 Å². The van der Waals surface area contributed by atoms with E-state index in [2.05, 4.69) is 46.4 Å². The van der Waals surface area contributed by atoms with Crippen molar-refractivity contribution in [2.45, 2.75) is 40.5 Å². The van der Waals surface area contributed by atoms with Crippen molar-refractivity contribution in [3.8, 4) is 0 Å². The van der Waals surface area contributed by atoms with Crippen molar-refractivity contribution in [3.05, 3.63) is 41.0 Å². The number of unbranched alkanes of at least 4 members (excludes halogenated alkanes) is 1. The highest BCUT2D eigenvalue weighted by atomic mass is 16.5. The first-order chi connectivity index (χ1) is 8.06. The van der Waals surface area contributed by atoms with Gasteiger partial charge in [0.1, 0.15) is 0 Å². The van der Waals surface area contributed by atoms with E-state index in [0.29, 0.717) is 6.61 Å². The predicted octanol–water partition coefficient (Wildman–Crippen LogP) is 4.44. The molecular weight excluding hydrogens is 208 g/mol. The van der Waals surface area contributed by atoms with Crippen LogP contribution in [-0.2, 0) is 4.74 Å². The molecule has 0 heterocycles. The molecule has 0 amide bonds. The molecule has 0 aliphatic rings. The summed E-state index contributed by atoms with van der Waals surface area (Å²) < 4.78 is 5.63. The standard InChI is InChI=1S/C16H24O/c1-6-7-8-17-11-15(5)16-13(3)9-12(2)10-14(16)4/h9-10H,5-8,11H2,1-4H3. The fourth-order valence-electron chi connectivity index (χ4n) is 2.25. The maximum atomic E-state index is 5.63. The topological polar surface area (TPSA) is 9.23 Å². The van der Waals surface area contributed by atoms with Crippen LogP contribution in [0.5, 0.6) is 0 Å². The normalized spacial score (nSPS) is 10.6. The summed E-state index contributed by atoms with van der Waals surface area (Å²) in [5.74, 6) is 0. The first-order valence-corrected chi connectivity index (χ1v) is 6.40. The fourth-order valence-corrected chi connectivity index (χ4v) is 2.25. The average molecular weight is 232 g/mol. The van der Waals surface area contributed by atoms with E-state index in [1.165, 1.54) is 28.7 Å². The summed E-state index contributed by atoms with van der Waals surface area (Å²) in [4.78, 5) is 0. The zero-order valence-electron chi connectivity index (χ0n) is 11.6. The summed E-state index contributed by atoms with van der Waals surface area (Å²) in [5, 5.41) is 0. The summed E-state index contributed by atoms with van der Waals surface area (Å²) in [6.07, 6.45) is 2.30. The van der Waals surface area contributed by atoms with Gasteiger partial charge in [0.25, 0.3) is 0 Å². The van der Waals surface area contributed by atoms with Gasteiger partial charge in [-0.3, -0.25) is 0 Å². The van der Waals surface area contributed by atoms with Gasteiger partial charge in [0.15, 0.2) is 0 Å². The highest BCUT2D eigenvalue weighted by molar-refractivity contribution is 5.70. The van der Waals surface area contributed by atoms with Gasteiger partial charge in [0, 0.05) is 6.61 Å². The van der Waals surface area contributed by atoms with Gasteiger partial charge in [-0.25, -0.2) is 0 Å². The SMILES string of the molecule is C=C(COCCCC)c1c(C)cc(C)cc1C. The van der Waals surface area contributed by atoms with Gasteiger partial charge in [-0.05, 0) is 49.5 Å². The van der Waals surface area contributed by atoms with Gasteiger partial charge >= 0.3 is 0 Å². The molecule has 0 atom stereocenters. The second-order valence-electron chi connectivity index (χ2n) is 4.78. The summed E-state index contributed by atoms with van der Waals surface area (Å²) in [6, 6.07) is 4.42. The molecule has 1 nitrogen and oxygen atoms in total. The summed E-state index contributed by atoms with van der Waals surface area (Å²) in [6.45, 7) is 14.2. The van der Waals surface area contributed by atoms with E-state index >= 15 is 0 Å². The molecule has 0 spiro atoms. The Morgan fingerprint density at radius 2 is 1.76 bits per heavy atom. The van der Waals surface area contributed by atoms with E-state index < -0.39 is 0 Å². The molecule has 0 aliphatic carbocycles. The Labute approximate surface area is 106 Å². The number of aryl methyl sites for hydroxylation is 3. The van der Waals surface area contributed by atoms with Crippen LogP contribution in [-0.4, -0.2) is 13.2 Å². The van der Waals surface area contributed by atoms with Crippen LogP contribution in [0.4, 0.5) is 0 Å². The third-order valence-corrected chi connectivity index (χ3v) is 2.95. The van der Waals surface area contributed by atoms with Crippen LogP contribution < -0.4 is 0 Å². The molecule has 0 aliphatic heterocycles. The van der Waals surface area contributed by atoms with Gasteiger partial charge in [-0.15, -0.1) is 0 Å². The van der Waals surface area contributed by atoms with Crippen molar-refractivity contribution in [3.63, 3.8) is 0 Å². The second kappa shape index (κ2) is 6.61. The lowest BCUT2D eigenvalue weighted by atomic mass is 9.95. The molecule has 1 aromatic rings. The van der Waals surface area contributed by atoms with E-state index in [-0.39, 0.29) is 0 Å². The van der Waals surface area contributed by atoms with Crippen molar-refractivity contribution in [1.82, 2.24) is 0 Å². The molecule has 1 heteroatoms. The fraction of sp³-hybridized carbons (Fsp3) is 0.500. The summed E-state index contributed by atoms with van der Waals surface area (Å²) in [7, 11) is 0. The molecule has 0 unspecified atom stereocenters. The van der Waals surface area contributed by atoms with Gasteiger partial charge in [0.2, 0.25) is 0 Å². The molecular formula is C16H24O. The number of ether oxygens (including phenoxy) is 1. The van der Waals surface area contributed by atoms with E-state index in [1.807, 2.05) is 0 Å². The minimum Gasteiger partial charge on any atom is -0.377 e. The minimum absolute atomic E-state index is 0.644. The van der Waals surface area contributed by atoms with Crippen LogP contribution in [0.2, 0.25) is 0 Å². The van der Waals surface area contributed by atoms with Crippen molar-refractivity contribution in [2.24, 2.45) is 0 Å². The van der Waals surface area contributed by atoms with Crippen molar-refractivity contribution in [1.29, 1.82) is 0 Å². The van der Waals surface area contributed by atoms with Crippen LogP contribution >= 0.6 is 0 Å². The Morgan fingerprint density at radius 1 is 1.18 bits per heavy atom. The Balaban J connectivity index is 2.69. The lowest BCUT2D eigenvalue weighted by Crippen LogP contribution is -2.02. The van der Waals surface area contributed by atoms with E-state index in [0.717, 1.165) is 18.6 Å². The Kier molecular flexibility index (Phi) is 5.43. The lowest BCUT2D eigenvalue weighted by molar-refractivity contribution is 0.163. The molecule has 94 valence electrons. The Morgan fingerprint density at radius 3 is 2.29 bits per heavy atom. The second-order valence-corrected chi connectivity index (χ2v) is 4.78. The monoisotopic (exact) mass is 232 g/mol. The Hall–Kier alpha value is -1.08. The van der Waals surface area contributed by atoms with E-state index in [1.54, 1.807) is 0 Å². The summed E-state index contributed by atoms with van der Waals surface area (Å²) in [5.41, 5.74) is 6.27. The minimum atomic E-state index is 0.644. The van der Waals surface area contributed by atoms with Gasteiger partial charge in [-0.1, -0.05) is 37.6 Å². The third kappa shape index (κ3) is 4.01. The van der Waals surface area contributed by atoms with Gasteiger partial charge < -0.3 is 4.74 Å². The molecule has 17 heavy (non-hydrogen) atoms.